The van der Waals surface area contributed by atoms with E-state index in [1.54, 1.807) is 22.7 Å². The van der Waals surface area contributed by atoms with E-state index in [-0.39, 0.29) is 53.8 Å². The molecule has 6 aromatic rings. The predicted octanol–water partition coefficient (Wildman–Crippen LogP) is 10.8. The van der Waals surface area contributed by atoms with Crippen LogP contribution in [0.15, 0.2) is 122 Å². The van der Waals surface area contributed by atoms with Crippen molar-refractivity contribution in [2.24, 2.45) is 11.8 Å². The molecule has 4 aromatic carbocycles. The number of hydrogen-bond acceptors (Lipinski definition) is 8. The molecule has 2 fully saturated rings. The first kappa shape index (κ1) is 42.9. The van der Waals surface area contributed by atoms with Gasteiger partial charge in [0.1, 0.15) is 21.8 Å². The van der Waals surface area contributed by atoms with Gasteiger partial charge < -0.3 is 15.1 Å². The van der Waals surface area contributed by atoms with Gasteiger partial charge in [0.05, 0.1) is 27.8 Å². The molecule has 0 saturated carbocycles. The highest BCUT2D eigenvalue weighted by atomic mass is 32.1. The van der Waals surface area contributed by atoms with E-state index in [4.69, 9.17) is 9.97 Å². The lowest BCUT2D eigenvalue weighted by Gasteiger charge is -2.29. The third-order valence-electron chi connectivity index (χ3n) is 12.1. The molecule has 62 heavy (non-hydrogen) atoms. The Morgan fingerprint density at radius 2 is 1.05 bits per heavy atom. The third-order valence-corrected chi connectivity index (χ3v) is 14.4. The van der Waals surface area contributed by atoms with Crippen molar-refractivity contribution in [2.75, 3.05) is 13.1 Å². The van der Waals surface area contributed by atoms with Gasteiger partial charge in [-0.05, 0) is 59.1 Å². The molecule has 2 aliphatic rings. The van der Waals surface area contributed by atoms with Crippen LogP contribution < -0.4 is 5.32 Å². The Balaban J connectivity index is 0.929. The van der Waals surface area contributed by atoms with E-state index in [0.29, 0.717) is 13.1 Å². The Labute approximate surface area is 372 Å². The van der Waals surface area contributed by atoms with E-state index >= 15 is 0 Å². The van der Waals surface area contributed by atoms with Crippen molar-refractivity contribution in [3.8, 4) is 32.0 Å². The number of amides is 3. The zero-order chi connectivity index (χ0) is 43.3. The van der Waals surface area contributed by atoms with Gasteiger partial charge in [-0.2, -0.15) is 0 Å². The highest BCUT2D eigenvalue weighted by molar-refractivity contribution is 7.15. The number of benzene rings is 4. The van der Waals surface area contributed by atoms with Crippen molar-refractivity contribution in [2.45, 2.75) is 83.8 Å². The molecule has 0 aliphatic carbocycles. The molecular weight excluding hydrogens is 811 g/mol. The summed E-state index contributed by atoms with van der Waals surface area (Å²) in [5.74, 6) is -1.03. The number of nitrogens with zero attached hydrogens (tertiary/aromatic N) is 4. The van der Waals surface area contributed by atoms with E-state index in [1.807, 2.05) is 111 Å². The molecule has 1 N–H and O–H groups in total. The Bertz CT molecular complexity index is 2320. The Morgan fingerprint density at radius 3 is 1.52 bits per heavy atom. The lowest BCUT2D eigenvalue weighted by molar-refractivity contribution is -0.138. The highest BCUT2D eigenvalue weighted by Crippen LogP contribution is 2.41. The van der Waals surface area contributed by atoms with Gasteiger partial charge in [0.25, 0.3) is 0 Å². The molecule has 4 heterocycles. The fourth-order valence-corrected chi connectivity index (χ4v) is 10.6. The number of nitrogens with one attached hydrogen (secondary N) is 1. The second-order valence-corrected chi connectivity index (χ2v) is 19.1. The maximum absolute atomic E-state index is 14.2. The largest absolute Gasteiger partial charge is 0.340 e. The topological polar surface area (TPSA) is 113 Å². The van der Waals surface area contributed by atoms with Gasteiger partial charge >= 0.3 is 0 Å². The Hall–Kier alpha value is -5.78. The van der Waals surface area contributed by atoms with Crippen LogP contribution in [0.3, 0.4) is 0 Å². The smallest absolute Gasteiger partial charge is 0.250 e. The molecule has 2 aromatic heterocycles. The zero-order valence-electron chi connectivity index (χ0n) is 35.7. The van der Waals surface area contributed by atoms with E-state index in [2.05, 4.69) is 53.8 Å². The van der Waals surface area contributed by atoms with Crippen molar-refractivity contribution in [1.82, 2.24) is 25.1 Å². The number of carbonyl (C=O) groups is 4. The number of Topliss-reactive ketones (excluding diaryl/α,β-unsaturated/α-hetero) is 1. The number of ketones is 1. The number of thiazole rings is 2. The fourth-order valence-electron chi connectivity index (χ4n) is 8.46. The van der Waals surface area contributed by atoms with Crippen molar-refractivity contribution < 1.29 is 19.2 Å². The summed E-state index contributed by atoms with van der Waals surface area (Å²) in [4.78, 5) is 69.5. The van der Waals surface area contributed by atoms with Gasteiger partial charge in [0, 0.05) is 43.7 Å². The molecule has 318 valence electrons. The van der Waals surface area contributed by atoms with Crippen molar-refractivity contribution >= 4 is 46.2 Å². The van der Waals surface area contributed by atoms with Crippen molar-refractivity contribution in [3.05, 3.63) is 143 Å². The van der Waals surface area contributed by atoms with Crippen LogP contribution in [0.5, 0.6) is 0 Å². The Morgan fingerprint density at radius 1 is 0.597 bits per heavy atom. The average Bonchev–Trinajstić information content (AvgIpc) is 4.15. The summed E-state index contributed by atoms with van der Waals surface area (Å²) < 4.78 is 0. The molecule has 2 aliphatic heterocycles. The second-order valence-electron chi connectivity index (χ2n) is 17.0. The van der Waals surface area contributed by atoms with Gasteiger partial charge in [0.2, 0.25) is 17.7 Å². The first-order valence-electron chi connectivity index (χ1n) is 21.7. The standard InChI is InChI=1S/C51H53N5O4S2/c1-32(2)43(57)29-40(36-13-7-5-8-14-36)50(59)55-27-11-17-41(55)48-52-30-44(61-48)37-23-19-34(20-24-37)35-21-25-38(26-22-35)45-31-53-49(62-45)42-18-12-28-56(42)51(60)46(54-47(58)33(3)4)39-15-9-6-10-16-39/h5-10,13-16,19-26,30-33,40-42,46H,11-12,17-18,27-29H2,1-4H3,(H,54,58)/t40-,41+,42+,46-/m1/s1. The summed E-state index contributed by atoms with van der Waals surface area (Å²) in [7, 11) is 0. The van der Waals surface area contributed by atoms with Crippen LogP contribution in [0, 0.1) is 11.8 Å². The normalized spacial score (nSPS) is 17.4. The molecule has 0 radical (unpaired) electrons. The van der Waals surface area contributed by atoms with Crippen LogP contribution in [0.4, 0.5) is 0 Å². The van der Waals surface area contributed by atoms with Gasteiger partial charge in [-0.15, -0.1) is 22.7 Å². The quantitative estimate of drug-likeness (QED) is 0.117. The molecule has 3 amide bonds. The van der Waals surface area contributed by atoms with Crippen LogP contribution in [0.1, 0.15) is 105 Å². The van der Waals surface area contributed by atoms with Gasteiger partial charge in [-0.3, -0.25) is 19.2 Å². The summed E-state index contributed by atoms with van der Waals surface area (Å²) in [6.45, 7) is 8.73. The van der Waals surface area contributed by atoms with Crippen LogP contribution in [-0.2, 0) is 19.2 Å². The van der Waals surface area contributed by atoms with Gasteiger partial charge in [-0.1, -0.05) is 137 Å². The molecule has 9 nitrogen and oxygen atoms in total. The summed E-state index contributed by atoms with van der Waals surface area (Å²) in [5, 5.41) is 4.83. The van der Waals surface area contributed by atoms with Crippen LogP contribution in [0.25, 0.3) is 32.0 Å². The predicted molar refractivity (Wildman–Crippen MR) is 247 cm³/mol. The van der Waals surface area contributed by atoms with Crippen LogP contribution in [-0.4, -0.2) is 56.4 Å². The lowest BCUT2D eigenvalue weighted by Crippen LogP contribution is -2.43. The van der Waals surface area contributed by atoms with E-state index in [9.17, 15) is 19.2 Å². The Kier molecular flexibility index (Phi) is 13.2. The zero-order valence-corrected chi connectivity index (χ0v) is 37.3. The molecule has 8 rings (SSSR count). The van der Waals surface area contributed by atoms with Crippen molar-refractivity contribution in [3.63, 3.8) is 0 Å². The summed E-state index contributed by atoms with van der Waals surface area (Å²) in [6.07, 6.45) is 7.47. The van der Waals surface area contributed by atoms with Gasteiger partial charge in [0.15, 0.2) is 0 Å². The molecule has 0 unspecified atom stereocenters. The molecule has 4 atom stereocenters. The third kappa shape index (κ3) is 9.34. The minimum atomic E-state index is -0.750. The lowest BCUT2D eigenvalue weighted by atomic mass is 9.89. The van der Waals surface area contributed by atoms with Crippen LogP contribution >= 0.6 is 22.7 Å². The SMILES string of the molecule is CC(C)C(=O)C[C@@H](C(=O)N1CCC[C@H]1c1ncc(-c2ccc(-c3ccc(-c4cnc([C@@H]5CCCN5C(=O)[C@H](NC(=O)C(C)C)c5ccccc5)s4)cc3)cc2)s1)c1ccccc1. The molecule has 11 heteroatoms. The van der Waals surface area contributed by atoms with Gasteiger partial charge in [-0.25, -0.2) is 9.97 Å². The maximum Gasteiger partial charge on any atom is 0.250 e. The maximum atomic E-state index is 14.2. The first-order valence-corrected chi connectivity index (χ1v) is 23.4. The molecule has 0 bridgehead atoms. The van der Waals surface area contributed by atoms with Crippen molar-refractivity contribution in [1.29, 1.82) is 0 Å². The van der Waals surface area contributed by atoms with E-state index in [1.165, 1.54) is 0 Å². The highest BCUT2D eigenvalue weighted by Gasteiger charge is 2.39. The minimum Gasteiger partial charge on any atom is -0.340 e. The summed E-state index contributed by atoms with van der Waals surface area (Å²) in [5.41, 5.74) is 5.99. The summed E-state index contributed by atoms with van der Waals surface area (Å²) >= 11 is 3.25. The number of rotatable bonds is 14. The number of hydrogen-bond donors (Lipinski definition) is 1. The molecular formula is C51H53N5O4S2. The molecule has 0 spiro atoms. The number of carbonyl (C=O) groups excluding carboxylic acids is 4. The first-order chi connectivity index (χ1) is 30.0. The molecule has 2 saturated heterocycles. The second kappa shape index (κ2) is 19.1. The number of likely N-dealkylation sites (tertiary alicyclic amines) is 2. The summed E-state index contributed by atoms with van der Waals surface area (Å²) in [6, 6.07) is 35.2. The van der Waals surface area contributed by atoms with Crippen LogP contribution in [0.2, 0.25) is 0 Å². The van der Waals surface area contributed by atoms with E-state index in [0.717, 1.165) is 78.8 Å². The van der Waals surface area contributed by atoms with E-state index < -0.39 is 12.0 Å². The fraction of sp³-hybridized carbons (Fsp3) is 0.333. The minimum absolute atomic E-state index is 0.00472. The number of aromatic nitrogens is 2. The monoisotopic (exact) mass is 863 g/mol. The average molecular weight is 864 g/mol.